The highest BCUT2D eigenvalue weighted by atomic mass is 16.4. The number of aliphatic carboxylic acids is 1. The van der Waals surface area contributed by atoms with Gasteiger partial charge in [0.25, 0.3) is 5.91 Å². The van der Waals surface area contributed by atoms with Gasteiger partial charge in [-0.05, 0) is 43.7 Å². The van der Waals surface area contributed by atoms with E-state index < -0.39 is 5.97 Å². The molecule has 1 aliphatic carbocycles. The van der Waals surface area contributed by atoms with Crippen LogP contribution in [0.4, 0.5) is 5.69 Å². The van der Waals surface area contributed by atoms with E-state index >= 15 is 0 Å². The van der Waals surface area contributed by atoms with Crippen molar-refractivity contribution in [2.24, 2.45) is 11.8 Å². The van der Waals surface area contributed by atoms with Crippen LogP contribution in [-0.2, 0) is 4.79 Å². The Hall–Kier alpha value is -2.11. The Labute approximate surface area is 117 Å². The first-order valence-corrected chi connectivity index (χ1v) is 6.79. The average Bonchev–Trinajstić information content (AvgIpc) is 2.46. The summed E-state index contributed by atoms with van der Waals surface area (Å²) in [7, 11) is 0. The maximum Gasteiger partial charge on any atom is 0.306 e. The molecule has 108 valence electrons. The smallest absolute Gasteiger partial charge is 0.306 e. The fraction of sp³-hybridized carbons (Fsp3) is 0.500. The third-order valence-corrected chi connectivity index (χ3v) is 3.77. The molecule has 6 nitrogen and oxygen atoms in total. The summed E-state index contributed by atoms with van der Waals surface area (Å²) < 4.78 is 0. The van der Waals surface area contributed by atoms with Gasteiger partial charge in [0, 0.05) is 6.54 Å². The van der Waals surface area contributed by atoms with E-state index in [0.29, 0.717) is 36.7 Å². The van der Waals surface area contributed by atoms with Crippen LogP contribution < -0.4 is 11.1 Å². The molecule has 1 aliphatic rings. The van der Waals surface area contributed by atoms with Crippen LogP contribution in [0.2, 0.25) is 0 Å². The summed E-state index contributed by atoms with van der Waals surface area (Å²) in [6, 6.07) is 3.23. The van der Waals surface area contributed by atoms with E-state index in [4.69, 9.17) is 10.8 Å². The zero-order valence-electron chi connectivity index (χ0n) is 11.2. The van der Waals surface area contributed by atoms with Gasteiger partial charge >= 0.3 is 5.97 Å². The number of nitrogens with two attached hydrogens (primary N) is 1. The predicted octanol–water partition coefficient (Wildman–Crippen LogP) is 1.28. The summed E-state index contributed by atoms with van der Waals surface area (Å²) in [5.74, 6) is -0.798. The summed E-state index contributed by atoms with van der Waals surface area (Å²) in [6.07, 6.45) is 4.51. The van der Waals surface area contributed by atoms with Crippen molar-refractivity contribution in [1.82, 2.24) is 10.3 Å². The first-order chi connectivity index (χ1) is 9.56. The Morgan fingerprint density at radius 2 is 2.00 bits per heavy atom. The first kappa shape index (κ1) is 14.3. The Kier molecular flexibility index (Phi) is 4.55. The summed E-state index contributed by atoms with van der Waals surface area (Å²) in [4.78, 5) is 26.7. The molecule has 0 unspecified atom stereocenters. The molecule has 1 saturated carbocycles. The molecule has 0 aliphatic heterocycles. The van der Waals surface area contributed by atoms with E-state index in [1.807, 2.05) is 0 Å². The molecule has 1 amide bonds. The number of nitrogens with one attached hydrogen (secondary N) is 1. The first-order valence-electron chi connectivity index (χ1n) is 6.79. The monoisotopic (exact) mass is 277 g/mol. The van der Waals surface area contributed by atoms with E-state index in [1.165, 1.54) is 6.20 Å². The number of pyridine rings is 1. The maximum atomic E-state index is 11.9. The second-order valence-electron chi connectivity index (χ2n) is 5.24. The summed E-state index contributed by atoms with van der Waals surface area (Å²) in [5, 5.41) is 11.8. The average molecular weight is 277 g/mol. The number of anilines is 1. The van der Waals surface area contributed by atoms with Crippen molar-refractivity contribution in [3.8, 4) is 0 Å². The fourth-order valence-corrected chi connectivity index (χ4v) is 2.48. The molecule has 0 radical (unpaired) electrons. The number of aromatic nitrogens is 1. The lowest BCUT2D eigenvalue weighted by Crippen LogP contribution is -2.32. The number of nitrogen functional groups attached to an aromatic ring is 1. The minimum atomic E-state index is -0.710. The molecular formula is C14H19N3O3. The molecule has 0 saturated heterocycles. The Bertz CT molecular complexity index is 479. The zero-order chi connectivity index (χ0) is 14.5. The number of amides is 1. The molecule has 1 aromatic heterocycles. The third kappa shape index (κ3) is 3.69. The van der Waals surface area contributed by atoms with Crippen LogP contribution in [0.15, 0.2) is 18.3 Å². The topological polar surface area (TPSA) is 105 Å². The van der Waals surface area contributed by atoms with Gasteiger partial charge in [-0.3, -0.25) is 9.59 Å². The number of carboxylic acids is 1. The van der Waals surface area contributed by atoms with Crippen LogP contribution in [0, 0.1) is 11.8 Å². The zero-order valence-corrected chi connectivity index (χ0v) is 11.2. The number of carboxylic acid groups (broad SMARTS) is 1. The molecule has 6 heteroatoms. The van der Waals surface area contributed by atoms with Gasteiger partial charge in [0.15, 0.2) is 0 Å². The fourth-order valence-electron chi connectivity index (χ4n) is 2.48. The van der Waals surface area contributed by atoms with E-state index in [9.17, 15) is 9.59 Å². The SMILES string of the molecule is Nc1ccc(C(=O)NCC2CCC(C(=O)O)CC2)nc1. The Balaban J connectivity index is 1.77. The van der Waals surface area contributed by atoms with E-state index in [0.717, 1.165) is 12.8 Å². The molecule has 0 aromatic carbocycles. The molecule has 1 heterocycles. The molecule has 0 bridgehead atoms. The molecular weight excluding hydrogens is 258 g/mol. The van der Waals surface area contributed by atoms with Crippen molar-refractivity contribution in [3.05, 3.63) is 24.0 Å². The van der Waals surface area contributed by atoms with Gasteiger partial charge < -0.3 is 16.2 Å². The Morgan fingerprint density at radius 1 is 1.30 bits per heavy atom. The van der Waals surface area contributed by atoms with E-state index in [2.05, 4.69) is 10.3 Å². The minimum absolute atomic E-state index is 0.217. The van der Waals surface area contributed by atoms with Crippen LogP contribution in [0.3, 0.4) is 0 Å². The summed E-state index contributed by atoms with van der Waals surface area (Å²) in [6.45, 7) is 0.567. The van der Waals surface area contributed by atoms with E-state index in [-0.39, 0.29) is 11.8 Å². The predicted molar refractivity (Wildman–Crippen MR) is 74.1 cm³/mol. The molecule has 20 heavy (non-hydrogen) atoms. The third-order valence-electron chi connectivity index (χ3n) is 3.77. The quantitative estimate of drug-likeness (QED) is 0.769. The Morgan fingerprint density at radius 3 is 2.55 bits per heavy atom. The van der Waals surface area contributed by atoms with Crippen molar-refractivity contribution < 1.29 is 14.7 Å². The molecule has 4 N–H and O–H groups in total. The molecule has 1 fully saturated rings. The number of carbonyl (C=O) groups is 2. The van der Waals surface area contributed by atoms with Gasteiger partial charge in [0.2, 0.25) is 0 Å². The summed E-state index contributed by atoms with van der Waals surface area (Å²) >= 11 is 0. The number of hydrogen-bond donors (Lipinski definition) is 3. The lowest BCUT2D eigenvalue weighted by molar-refractivity contribution is -0.143. The lowest BCUT2D eigenvalue weighted by Gasteiger charge is -2.26. The molecule has 1 aromatic rings. The van der Waals surface area contributed by atoms with Crippen LogP contribution in [0.1, 0.15) is 36.2 Å². The lowest BCUT2D eigenvalue weighted by atomic mass is 9.82. The van der Waals surface area contributed by atoms with Crippen LogP contribution in [-0.4, -0.2) is 28.5 Å². The molecule has 0 atom stereocenters. The van der Waals surface area contributed by atoms with Crippen molar-refractivity contribution in [2.75, 3.05) is 12.3 Å². The van der Waals surface area contributed by atoms with Gasteiger partial charge in [0.1, 0.15) is 5.69 Å². The van der Waals surface area contributed by atoms with Crippen molar-refractivity contribution in [2.45, 2.75) is 25.7 Å². The number of nitrogens with zero attached hydrogens (tertiary/aromatic N) is 1. The summed E-state index contributed by atoms with van der Waals surface area (Å²) in [5.41, 5.74) is 6.38. The van der Waals surface area contributed by atoms with Gasteiger partial charge in [-0.1, -0.05) is 0 Å². The van der Waals surface area contributed by atoms with Gasteiger partial charge in [0.05, 0.1) is 17.8 Å². The van der Waals surface area contributed by atoms with Crippen molar-refractivity contribution in [1.29, 1.82) is 0 Å². The second-order valence-corrected chi connectivity index (χ2v) is 5.24. The van der Waals surface area contributed by atoms with Crippen LogP contribution >= 0.6 is 0 Å². The van der Waals surface area contributed by atoms with Crippen molar-refractivity contribution in [3.63, 3.8) is 0 Å². The van der Waals surface area contributed by atoms with Crippen molar-refractivity contribution >= 4 is 17.6 Å². The molecule has 0 spiro atoms. The second kappa shape index (κ2) is 6.36. The van der Waals surface area contributed by atoms with Crippen LogP contribution in [0.5, 0.6) is 0 Å². The number of hydrogen-bond acceptors (Lipinski definition) is 4. The molecule has 2 rings (SSSR count). The van der Waals surface area contributed by atoms with Gasteiger partial charge in [-0.2, -0.15) is 0 Å². The van der Waals surface area contributed by atoms with E-state index in [1.54, 1.807) is 12.1 Å². The highest BCUT2D eigenvalue weighted by Gasteiger charge is 2.26. The standard InChI is InChI=1S/C14H19N3O3/c15-11-5-6-12(16-8-11)13(18)17-7-9-1-3-10(4-2-9)14(19)20/h5-6,8-10H,1-4,7,15H2,(H,17,18)(H,19,20). The van der Waals surface area contributed by atoms with Gasteiger partial charge in [-0.25, -0.2) is 4.98 Å². The highest BCUT2D eigenvalue weighted by molar-refractivity contribution is 5.92. The number of rotatable bonds is 4. The highest BCUT2D eigenvalue weighted by Crippen LogP contribution is 2.28. The normalized spacial score (nSPS) is 22.2. The number of carbonyl (C=O) groups excluding carboxylic acids is 1. The maximum absolute atomic E-state index is 11.9. The minimum Gasteiger partial charge on any atom is -0.481 e. The largest absolute Gasteiger partial charge is 0.481 e. The van der Waals surface area contributed by atoms with Gasteiger partial charge in [-0.15, -0.1) is 0 Å². The van der Waals surface area contributed by atoms with Crippen LogP contribution in [0.25, 0.3) is 0 Å².